The van der Waals surface area contributed by atoms with E-state index in [2.05, 4.69) is 25.4 Å². The quantitative estimate of drug-likeness (QED) is 0.652. The number of nitrogens with one attached hydrogen (secondary N) is 3. The van der Waals surface area contributed by atoms with Crippen molar-refractivity contribution in [2.75, 3.05) is 23.3 Å². The molecular formula is C15H16N6O3S. The topological polar surface area (TPSA) is 117 Å². The van der Waals surface area contributed by atoms with E-state index in [9.17, 15) is 13.2 Å². The van der Waals surface area contributed by atoms with E-state index >= 15 is 0 Å². The van der Waals surface area contributed by atoms with Crippen LogP contribution in [0.4, 0.5) is 16.3 Å². The number of imidazole rings is 1. The number of benzene rings is 1. The van der Waals surface area contributed by atoms with Gasteiger partial charge in [-0.2, -0.15) is 5.10 Å². The van der Waals surface area contributed by atoms with Gasteiger partial charge in [0.15, 0.2) is 11.5 Å². The Kier molecular flexibility index (Phi) is 4.28. The molecule has 0 fully saturated rings. The summed E-state index contributed by atoms with van der Waals surface area (Å²) in [6.07, 6.45) is 2.70. The fourth-order valence-electron chi connectivity index (χ4n) is 2.20. The maximum Gasteiger partial charge on any atom is 0.320 e. The molecule has 0 unspecified atom stereocenters. The number of fused-ring (bicyclic) bond motifs is 1. The number of urea groups is 1. The fraction of sp³-hybridized carbons (Fsp3) is 0.133. The Bertz CT molecular complexity index is 1030. The second-order valence-corrected chi connectivity index (χ2v) is 7.05. The monoisotopic (exact) mass is 360 g/mol. The number of nitrogens with zero attached hydrogens (tertiary/aromatic N) is 3. The zero-order valence-electron chi connectivity index (χ0n) is 13.5. The Morgan fingerprint density at radius 2 is 1.84 bits per heavy atom. The van der Waals surface area contributed by atoms with Crippen molar-refractivity contribution in [1.82, 2.24) is 19.9 Å². The largest absolute Gasteiger partial charge is 0.341 e. The van der Waals surface area contributed by atoms with Crippen LogP contribution in [0.2, 0.25) is 0 Å². The molecule has 10 heteroatoms. The minimum atomic E-state index is -3.31. The first-order valence-electron chi connectivity index (χ1n) is 7.27. The van der Waals surface area contributed by atoms with Gasteiger partial charge in [0, 0.05) is 18.3 Å². The van der Waals surface area contributed by atoms with Crippen LogP contribution in [0.25, 0.3) is 16.9 Å². The number of carbonyl (C=O) groups is 1. The lowest BCUT2D eigenvalue weighted by atomic mass is 10.1. The van der Waals surface area contributed by atoms with Crippen molar-refractivity contribution in [3.8, 4) is 11.3 Å². The second-order valence-electron chi connectivity index (χ2n) is 5.30. The molecule has 0 aliphatic carbocycles. The SMILES string of the molecule is CNC(=O)Nc1cn2nc(-c3ccc(NS(C)(=O)=O)cc3)ccc2n1. The first kappa shape index (κ1) is 16.7. The van der Waals surface area contributed by atoms with Crippen LogP contribution in [0, 0.1) is 0 Å². The normalized spacial score (nSPS) is 11.3. The minimum absolute atomic E-state index is 0.363. The predicted molar refractivity (Wildman–Crippen MR) is 95.0 cm³/mol. The van der Waals surface area contributed by atoms with Crippen molar-refractivity contribution in [3.63, 3.8) is 0 Å². The van der Waals surface area contributed by atoms with Crippen molar-refractivity contribution in [2.45, 2.75) is 0 Å². The summed E-state index contributed by atoms with van der Waals surface area (Å²) in [5, 5.41) is 9.48. The number of anilines is 2. The summed E-state index contributed by atoms with van der Waals surface area (Å²) >= 11 is 0. The Morgan fingerprint density at radius 3 is 2.48 bits per heavy atom. The summed E-state index contributed by atoms with van der Waals surface area (Å²) in [5.41, 5.74) is 2.57. The Labute approximate surface area is 144 Å². The Morgan fingerprint density at radius 1 is 1.12 bits per heavy atom. The van der Waals surface area contributed by atoms with Crippen LogP contribution in [-0.2, 0) is 10.0 Å². The number of aromatic nitrogens is 3. The van der Waals surface area contributed by atoms with E-state index in [0.717, 1.165) is 11.8 Å². The average Bonchev–Trinajstić information content (AvgIpc) is 2.95. The van der Waals surface area contributed by atoms with Gasteiger partial charge in [-0.1, -0.05) is 12.1 Å². The van der Waals surface area contributed by atoms with Gasteiger partial charge in [-0.25, -0.2) is 22.7 Å². The van der Waals surface area contributed by atoms with Gasteiger partial charge in [-0.15, -0.1) is 0 Å². The molecule has 3 N–H and O–H groups in total. The van der Waals surface area contributed by atoms with E-state index in [-0.39, 0.29) is 6.03 Å². The van der Waals surface area contributed by atoms with Crippen LogP contribution >= 0.6 is 0 Å². The third-order valence-electron chi connectivity index (χ3n) is 3.27. The molecule has 0 saturated carbocycles. The molecule has 0 spiro atoms. The van der Waals surface area contributed by atoms with Gasteiger partial charge in [-0.05, 0) is 24.3 Å². The van der Waals surface area contributed by atoms with E-state index in [1.807, 2.05) is 0 Å². The molecule has 0 atom stereocenters. The molecule has 0 aliphatic heterocycles. The first-order valence-corrected chi connectivity index (χ1v) is 9.16. The zero-order chi connectivity index (χ0) is 18.0. The van der Waals surface area contributed by atoms with E-state index in [4.69, 9.17) is 0 Å². The lowest BCUT2D eigenvalue weighted by Crippen LogP contribution is -2.24. The summed E-state index contributed by atoms with van der Waals surface area (Å²) in [6, 6.07) is 10.1. The van der Waals surface area contributed by atoms with Crippen molar-refractivity contribution in [1.29, 1.82) is 0 Å². The molecular weight excluding hydrogens is 344 g/mol. The molecule has 2 aromatic heterocycles. The van der Waals surface area contributed by atoms with Crippen LogP contribution < -0.4 is 15.4 Å². The maximum atomic E-state index is 11.3. The van der Waals surface area contributed by atoms with E-state index in [1.165, 1.54) is 7.05 Å². The van der Waals surface area contributed by atoms with Crippen LogP contribution in [0.15, 0.2) is 42.6 Å². The molecule has 9 nitrogen and oxygen atoms in total. The molecule has 25 heavy (non-hydrogen) atoms. The van der Waals surface area contributed by atoms with Gasteiger partial charge >= 0.3 is 6.03 Å². The van der Waals surface area contributed by atoms with Gasteiger partial charge in [0.2, 0.25) is 10.0 Å². The lowest BCUT2D eigenvalue weighted by molar-refractivity contribution is 0.254. The maximum absolute atomic E-state index is 11.3. The summed E-state index contributed by atoms with van der Waals surface area (Å²) in [4.78, 5) is 15.6. The highest BCUT2D eigenvalue weighted by Gasteiger charge is 2.08. The van der Waals surface area contributed by atoms with E-state index in [1.54, 1.807) is 47.1 Å². The number of sulfonamides is 1. The molecule has 1 aromatic carbocycles. The highest BCUT2D eigenvalue weighted by molar-refractivity contribution is 7.92. The first-order chi connectivity index (χ1) is 11.8. The highest BCUT2D eigenvalue weighted by Crippen LogP contribution is 2.21. The average molecular weight is 360 g/mol. The van der Waals surface area contributed by atoms with Crippen LogP contribution in [0.5, 0.6) is 0 Å². The standard InChI is InChI=1S/C15H16N6O3S/c1-16-15(22)18-13-9-21-14(17-13)8-7-12(19-21)10-3-5-11(6-4-10)20-25(2,23)24/h3-9,20H,1-2H3,(H2,16,18,22). The number of hydrogen-bond acceptors (Lipinski definition) is 5. The van der Waals surface area contributed by atoms with Gasteiger partial charge in [0.1, 0.15) is 0 Å². The van der Waals surface area contributed by atoms with Crippen LogP contribution in [-0.4, -0.2) is 42.4 Å². The molecule has 2 heterocycles. The lowest BCUT2D eigenvalue weighted by Gasteiger charge is -2.05. The molecule has 0 bridgehead atoms. The van der Waals surface area contributed by atoms with Crippen molar-refractivity contribution in [2.24, 2.45) is 0 Å². The van der Waals surface area contributed by atoms with Gasteiger partial charge < -0.3 is 5.32 Å². The van der Waals surface area contributed by atoms with Crippen LogP contribution in [0.3, 0.4) is 0 Å². The zero-order valence-corrected chi connectivity index (χ0v) is 14.3. The van der Waals surface area contributed by atoms with Crippen LogP contribution in [0.1, 0.15) is 0 Å². The number of rotatable bonds is 4. The summed E-state index contributed by atoms with van der Waals surface area (Å²) in [5.74, 6) is 0.386. The summed E-state index contributed by atoms with van der Waals surface area (Å²) in [7, 11) is -1.79. The molecule has 0 radical (unpaired) electrons. The second kappa shape index (κ2) is 6.40. The molecule has 0 aliphatic rings. The summed E-state index contributed by atoms with van der Waals surface area (Å²) in [6.45, 7) is 0. The smallest absolute Gasteiger partial charge is 0.320 e. The van der Waals surface area contributed by atoms with Crippen molar-refractivity contribution >= 4 is 33.2 Å². The van der Waals surface area contributed by atoms with Crippen molar-refractivity contribution < 1.29 is 13.2 Å². The van der Waals surface area contributed by atoms with E-state index < -0.39 is 10.0 Å². The Balaban J connectivity index is 1.87. The third kappa shape index (κ3) is 4.04. The van der Waals surface area contributed by atoms with Gasteiger partial charge in [0.25, 0.3) is 0 Å². The number of amides is 2. The summed E-state index contributed by atoms with van der Waals surface area (Å²) < 4.78 is 26.4. The number of carbonyl (C=O) groups excluding carboxylic acids is 1. The van der Waals surface area contributed by atoms with Crippen molar-refractivity contribution in [3.05, 3.63) is 42.6 Å². The van der Waals surface area contributed by atoms with Gasteiger partial charge in [0.05, 0.1) is 18.1 Å². The molecule has 130 valence electrons. The molecule has 3 rings (SSSR count). The molecule has 2 amide bonds. The predicted octanol–water partition coefficient (Wildman–Crippen LogP) is 1.52. The Hall–Kier alpha value is -3.14. The fourth-order valence-corrected chi connectivity index (χ4v) is 2.76. The highest BCUT2D eigenvalue weighted by atomic mass is 32.2. The minimum Gasteiger partial charge on any atom is -0.341 e. The van der Waals surface area contributed by atoms with Gasteiger partial charge in [-0.3, -0.25) is 10.0 Å². The molecule has 3 aromatic rings. The van der Waals surface area contributed by atoms with E-state index in [0.29, 0.717) is 22.8 Å². The third-order valence-corrected chi connectivity index (χ3v) is 3.88. The number of hydrogen-bond donors (Lipinski definition) is 3. The molecule has 0 saturated heterocycles.